The first-order valence-corrected chi connectivity index (χ1v) is 7.14. The fourth-order valence-electron chi connectivity index (χ4n) is 2.33. The molecular weight excluding hydrogens is 344 g/mol. The van der Waals surface area contributed by atoms with Crippen molar-refractivity contribution in [1.82, 2.24) is 0 Å². The Bertz CT molecular complexity index is 871. The Kier molecular flexibility index (Phi) is 3.86. The van der Waals surface area contributed by atoms with Gasteiger partial charge in [0, 0.05) is 33.8 Å². The summed E-state index contributed by atoms with van der Waals surface area (Å²) in [6.45, 7) is 0. The molecule has 0 spiro atoms. The second kappa shape index (κ2) is 5.20. The van der Waals surface area contributed by atoms with E-state index in [1.165, 1.54) is 24.3 Å². The molecule has 0 aliphatic heterocycles. The Hall–Kier alpha value is -1.79. The monoisotopic (exact) mass is 351 g/mol. The minimum absolute atomic E-state index is 0. The van der Waals surface area contributed by atoms with Crippen molar-refractivity contribution in [3.05, 3.63) is 64.7 Å². The van der Waals surface area contributed by atoms with Gasteiger partial charge in [0.05, 0.1) is 5.56 Å². The molecule has 111 valence electrons. The number of ketones is 2. The van der Waals surface area contributed by atoms with Crippen LogP contribution in [-0.4, -0.2) is 24.5 Å². The van der Waals surface area contributed by atoms with Gasteiger partial charge in [0.25, 0.3) is 10.1 Å². The predicted octanol–water partition coefficient (Wildman–Crippen LogP) is 1.71. The molecule has 0 atom stereocenters. The van der Waals surface area contributed by atoms with Crippen molar-refractivity contribution in [2.75, 3.05) is 0 Å². The Balaban J connectivity index is 0.00000161. The fraction of sp³-hybridized carbons (Fsp3) is 0. The zero-order chi connectivity index (χ0) is 14.5. The van der Waals surface area contributed by atoms with Crippen molar-refractivity contribution in [3.8, 4) is 0 Å². The molecule has 0 aromatic heterocycles. The van der Waals surface area contributed by atoms with Crippen LogP contribution in [0.4, 0.5) is 0 Å². The van der Waals surface area contributed by atoms with E-state index in [9.17, 15) is 22.6 Å². The maximum Gasteiger partial charge on any atom is 0.295 e. The molecule has 21 heavy (non-hydrogen) atoms. The van der Waals surface area contributed by atoms with Crippen LogP contribution >= 0.6 is 0 Å². The van der Waals surface area contributed by atoms with Crippen LogP contribution in [0, 0.1) is 0 Å². The molecule has 0 saturated carbocycles. The molecule has 0 heterocycles. The number of carbonyl (C=O) groups is 2. The van der Waals surface area contributed by atoms with Gasteiger partial charge in [0.2, 0.25) is 0 Å². The largest absolute Gasteiger partial charge is 0.295 e. The SMILES string of the molecule is O=C1c2ccccc2C(=O)c2c1cccc2S(=O)(=O)O.[Cu]. The molecule has 0 bridgehead atoms. The summed E-state index contributed by atoms with van der Waals surface area (Å²) >= 11 is 0. The number of fused-ring (bicyclic) bond motifs is 2. The average Bonchev–Trinajstić information content (AvgIpc) is 2.43. The minimum atomic E-state index is -4.58. The van der Waals surface area contributed by atoms with Crippen LogP contribution in [0.2, 0.25) is 0 Å². The molecule has 1 aliphatic rings. The number of hydrogen-bond donors (Lipinski definition) is 1. The van der Waals surface area contributed by atoms with Crippen molar-refractivity contribution in [2.45, 2.75) is 4.90 Å². The van der Waals surface area contributed by atoms with Crippen molar-refractivity contribution in [3.63, 3.8) is 0 Å². The fourth-order valence-corrected chi connectivity index (χ4v) is 3.04. The van der Waals surface area contributed by atoms with Gasteiger partial charge in [-0.2, -0.15) is 8.42 Å². The molecule has 0 fully saturated rings. The summed E-state index contributed by atoms with van der Waals surface area (Å²) < 4.78 is 31.9. The van der Waals surface area contributed by atoms with Crippen molar-refractivity contribution >= 4 is 21.7 Å². The topological polar surface area (TPSA) is 88.5 Å². The predicted molar refractivity (Wildman–Crippen MR) is 69.6 cm³/mol. The standard InChI is InChI=1S/C14H8O5S.Cu/c15-13-8-4-1-2-5-9(8)14(16)12-10(13)6-3-7-11(12)20(17,18)19;/h1-7H,(H,17,18,19);. The molecule has 1 radical (unpaired) electrons. The van der Waals surface area contributed by atoms with Gasteiger partial charge in [0.15, 0.2) is 11.6 Å². The number of hydrogen-bond acceptors (Lipinski definition) is 4. The van der Waals surface area contributed by atoms with E-state index in [2.05, 4.69) is 0 Å². The number of rotatable bonds is 1. The molecule has 3 rings (SSSR count). The van der Waals surface area contributed by atoms with Gasteiger partial charge in [0.1, 0.15) is 4.90 Å². The van der Waals surface area contributed by atoms with E-state index in [0.29, 0.717) is 0 Å². The van der Waals surface area contributed by atoms with Gasteiger partial charge in [-0.15, -0.1) is 0 Å². The van der Waals surface area contributed by atoms with E-state index in [-0.39, 0.29) is 39.3 Å². The summed E-state index contributed by atoms with van der Waals surface area (Å²) in [6, 6.07) is 9.99. The van der Waals surface area contributed by atoms with Crippen LogP contribution in [0.1, 0.15) is 31.8 Å². The smallest absolute Gasteiger partial charge is 0.289 e. The van der Waals surface area contributed by atoms with Crippen LogP contribution in [0.5, 0.6) is 0 Å². The third-order valence-corrected chi connectivity index (χ3v) is 4.09. The van der Waals surface area contributed by atoms with E-state index in [1.54, 1.807) is 12.1 Å². The van der Waals surface area contributed by atoms with E-state index in [0.717, 1.165) is 6.07 Å². The zero-order valence-electron chi connectivity index (χ0n) is 10.3. The first-order valence-electron chi connectivity index (χ1n) is 5.70. The van der Waals surface area contributed by atoms with Crippen LogP contribution < -0.4 is 0 Å². The van der Waals surface area contributed by atoms with Crippen LogP contribution in [-0.2, 0) is 27.2 Å². The Morgan fingerprint density at radius 1 is 0.762 bits per heavy atom. The van der Waals surface area contributed by atoms with Gasteiger partial charge in [-0.05, 0) is 6.07 Å². The quantitative estimate of drug-likeness (QED) is 0.532. The molecule has 0 saturated heterocycles. The Morgan fingerprint density at radius 2 is 1.29 bits per heavy atom. The first-order chi connectivity index (χ1) is 9.41. The Labute approximate surface area is 131 Å². The summed E-state index contributed by atoms with van der Waals surface area (Å²) in [4.78, 5) is 24.2. The van der Waals surface area contributed by atoms with Gasteiger partial charge >= 0.3 is 0 Å². The molecule has 2 aromatic rings. The second-order valence-corrected chi connectivity index (χ2v) is 5.75. The summed E-state index contributed by atoms with van der Waals surface area (Å²) in [5.41, 5.74) is 0.0983. The van der Waals surface area contributed by atoms with Gasteiger partial charge in [-0.25, -0.2) is 0 Å². The van der Waals surface area contributed by atoms with Gasteiger partial charge in [-0.3, -0.25) is 14.1 Å². The molecule has 1 aliphatic carbocycles. The maximum atomic E-state index is 12.4. The first kappa shape index (κ1) is 15.6. The van der Waals surface area contributed by atoms with E-state index < -0.39 is 26.6 Å². The molecule has 0 unspecified atom stereocenters. The summed E-state index contributed by atoms with van der Waals surface area (Å²) in [5.74, 6) is -1.01. The molecular formula is C14H8CuO5S. The van der Waals surface area contributed by atoms with Gasteiger partial charge in [-0.1, -0.05) is 36.4 Å². The number of carbonyl (C=O) groups excluding carboxylic acids is 2. The van der Waals surface area contributed by atoms with Crippen LogP contribution in [0.3, 0.4) is 0 Å². The zero-order valence-corrected chi connectivity index (χ0v) is 12.1. The van der Waals surface area contributed by atoms with E-state index in [4.69, 9.17) is 0 Å². The summed E-state index contributed by atoms with van der Waals surface area (Å²) in [7, 11) is -4.58. The molecule has 1 N–H and O–H groups in total. The molecule has 0 amide bonds. The van der Waals surface area contributed by atoms with Crippen LogP contribution in [0.15, 0.2) is 47.4 Å². The normalized spacial score (nSPS) is 13.2. The number of benzene rings is 2. The van der Waals surface area contributed by atoms with Crippen molar-refractivity contribution in [2.24, 2.45) is 0 Å². The molecule has 7 heteroatoms. The summed E-state index contributed by atoms with van der Waals surface area (Å²) in [6.07, 6.45) is 0. The molecule has 5 nitrogen and oxygen atoms in total. The Morgan fingerprint density at radius 3 is 1.86 bits per heavy atom. The van der Waals surface area contributed by atoms with E-state index >= 15 is 0 Å². The maximum absolute atomic E-state index is 12.4. The van der Waals surface area contributed by atoms with Gasteiger partial charge < -0.3 is 0 Å². The third-order valence-electron chi connectivity index (χ3n) is 3.19. The van der Waals surface area contributed by atoms with Crippen LogP contribution in [0.25, 0.3) is 0 Å². The second-order valence-electron chi connectivity index (χ2n) is 4.36. The van der Waals surface area contributed by atoms with Crippen molar-refractivity contribution < 1.29 is 39.6 Å². The third kappa shape index (κ3) is 2.34. The molecule has 2 aromatic carbocycles. The van der Waals surface area contributed by atoms with E-state index in [1.807, 2.05) is 0 Å². The average molecular weight is 352 g/mol. The minimum Gasteiger partial charge on any atom is -0.289 e. The summed E-state index contributed by atoms with van der Waals surface area (Å²) in [5, 5.41) is 0. The van der Waals surface area contributed by atoms with Crippen molar-refractivity contribution in [1.29, 1.82) is 0 Å².